The van der Waals surface area contributed by atoms with Gasteiger partial charge in [-0.25, -0.2) is 9.59 Å². The molecule has 1 aliphatic heterocycles. The number of aliphatic imine (C=N–C) groups is 1. The number of guanidine groups is 4. The van der Waals surface area contributed by atoms with Gasteiger partial charge in [0.25, 0.3) is 0 Å². The number of carbonyl (C=O) groups is 17. The minimum absolute atomic E-state index is 0.00688. The molecule has 804 valence electrons. The summed E-state index contributed by atoms with van der Waals surface area (Å²) in [5.74, 6) is -16.3. The van der Waals surface area contributed by atoms with Crippen molar-refractivity contribution in [2.75, 3.05) is 92.1 Å². The predicted molar refractivity (Wildman–Crippen MR) is 550 cm³/mol. The molecule has 0 unspecified atom stereocenters. The molecular weight excluding hydrogens is 1940 g/mol. The number of aromatic hydroxyl groups is 2. The van der Waals surface area contributed by atoms with Gasteiger partial charge in [-0.1, -0.05) is 66.7 Å². The number of nitrogens with two attached hydrogens (primary N) is 7. The van der Waals surface area contributed by atoms with Gasteiger partial charge in [-0.3, -0.25) is 93.1 Å². The summed E-state index contributed by atoms with van der Waals surface area (Å²) in [5, 5.41) is 99.5. The van der Waals surface area contributed by atoms with E-state index in [9.17, 15) is 63.3 Å². The van der Waals surface area contributed by atoms with Gasteiger partial charge >= 0.3 is 18.0 Å². The van der Waals surface area contributed by atoms with Gasteiger partial charge in [0, 0.05) is 118 Å². The fourth-order valence-corrected chi connectivity index (χ4v) is 16.2. The lowest BCUT2D eigenvalue weighted by Crippen LogP contribution is -2.61. The number of phenolic OH excluding ortho intramolecular Hbond substituents is 2. The van der Waals surface area contributed by atoms with E-state index in [2.05, 4.69) is 121 Å². The van der Waals surface area contributed by atoms with E-state index in [4.69, 9.17) is 56.4 Å². The zero-order chi connectivity index (χ0) is 108. The van der Waals surface area contributed by atoms with Gasteiger partial charge in [0.1, 0.15) is 90.0 Å². The first-order valence-electron chi connectivity index (χ1n) is 48.0. The maximum Gasteiger partial charge on any atom is 0.312 e. The SMILES string of the molecule is CN(C)C(=NCCCCC(=O)N[C@@H](CCCNC(=N)N)C(=O)N[C@@H](Cc1ccc2ccccc2c1)C(=O)N[C@@H](CS)C(=O)N[C@@H](Cc1ccc(O)cc1)C(=O)N[C@@H](CCCNC(N)=O)C(=O)N[C@@H](CCCCN)C(=O)N[C@H](CCC(=O)O)C(=O)N1CCC[C@H]1C(=O)N[C@@H](Cc1ccc(O)cc1)C(=O)N[C@@H](CCCNC(=N)N)C(=O)N[C@@H](CCCNC(N)=O)C(=O)N[C@@H](CS)C(=O)N[C@@H](CCCNC(=N)N)C(N)=O)N(C)C. The molecule has 0 spiro atoms. The predicted octanol–water partition coefficient (Wildman–Crippen LogP) is -5.24. The van der Waals surface area contributed by atoms with Crippen molar-refractivity contribution in [3.63, 3.8) is 0 Å². The maximum absolute atomic E-state index is 15.3. The summed E-state index contributed by atoms with van der Waals surface area (Å²) in [7, 11) is 7.41. The summed E-state index contributed by atoms with van der Waals surface area (Å²) in [6.07, 6.45) is -1.80. The molecule has 1 fully saturated rings. The number of phenols is 2. The van der Waals surface area contributed by atoms with Crippen LogP contribution in [0.2, 0.25) is 0 Å². The van der Waals surface area contributed by atoms with Gasteiger partial charge < -0.3 is 161 Å². The minimum atomic E-state index is -1.78. The van der Waals surface area contributed by atoms with Crippen LogP contribution in [0.1, 0.15) is 145 Å². The number of benzene rings is 4. The summed E-state index contributed by atoms with van der Waals surface area (Å²) in [6.45, 7) is 0.192. The van der Waals surface area contributed by atoms with E-state index in [1.165, 1.54) is 48.5 Å². The molecule has 0 bridgehead atoms. The van der Waals surface area contributed by atoms with E-state index >= 15 is 33.6 Å². The second-order valence-electron chi connectivity index (χ2n) is 35.3. The van der Waals surface area contributed by atoms with Crippen LogP contribution in [0.4, 0.5) is 9.59 Å². The summed E-state index contributed by atoms with van der Waals surface area (Å²) in [4.78, 5) is 250. The normalized spacial score (nSPS) is 14.4. The standard InChI is InChI=1S/C93H145N31O20S2/c1-122(2)93(123(3)4)109-40-10-8-26-73(127)110-61(21-12-42-105-89(98)99)76(131)117-69(50-55-27-32-56-17-5-6-18-57(56)47-55)83(138)121-71(52-146)85(140)118-67(48-53-28-33-58(125)34-29-53)81(136)114-64(23-14-44-107-91(102)143)77(132)112-62(19-7-9-39-94)79(134)116-66(37-38-74(128)129)87(142)124-46-16-25-72(124)86(141)119-68(49-54-30-35-59(126)36-31-54)82(137)115-63(22-13-43-106-90(100)101)78(133)113-65(24-15-45-108-92(103)144)80(135)120-70(51-145)84(139)111-60(75(95)130)20-11-41-104-88(96)97/h5-6,17-18,27-36,47,60-72,125-126,145-146H,7-16,19-26,37-46,48-52,94H2,1-4H3,(H2,95,130)(H,110,127)(H,111,139)(H,112,132)(H,113,133)(H,114,136)(H,115,137)(H,116,134)(H,117,131)(H,118,140)(H,119,141)(H,120,135)(H,121,138)(H,128,129)(H4,96,97,104)(H4,98,99,105)(H4,100,101,106)(H3,102,107,143)(H3,103,108,144)/t60-,61-,62-,63-,64-,65-,66+,67-,68-,69-,70-,71-,72-/m0/s1. The van der Waals surface area contributed by atoms with Gasteiger partial charge in [0.2, 0.25) is 82.7 Å². The summed E-state index contributed by atoms with van der Waals surface area (Å²) < 4.78 is 0. The van der Waals surface area contributed by atoms with E-state index in [1.807, 2.05) is 74.4 Å². The Morgan fingerprint density at radius 1 is 0.397 bits per heavy atom. The topological polar surface area (TPSA) is 831 Å². The van der Waals surface area contributed by atoms with Crippen LogP contribution in [-0.2, 0) is 91.2 Å². The molecule has 18 amide bonds. The van der Waals surface area contributed by atoms with Crippen LogP contribution in [0.5, 0.6) is 11.5 Å². The Hall–Kier alpha value is -14.9. The van der Waals surface area contributed by atoms with Gasteiger partial charge in [-0.15, -0.1) is 0 Å². The lowest BCUT2D eigenvalue weighted by molar-refractivity contribution is -0.143. The molecule has 146 heavy (non-hydrogen) atoms. The number of urea groups is 2. The summed E-state index contributed by atoms with van der Waals surface area (Å²) >= 11 is 8.71. The quantitative estimate of drug-likeness (QED) is 0.00850. The lowest BCUT2D eigenvalue weighted by Gasteiger charge is -2.31. The number of carboxylic acid groups (broad SMARTS) is 1. The third-order valence-corrected chi connectivity index (χ3v) is 23.9. The zero-order valence-corrected chi connectivity index (χ0v) is 84.3. The first-order valence-corrected chi connectivity index (χ1v) is 49.3. The number of hydrogen-bond acceptors (Lipinski definition) is 26. The number of rotatable bonds is 65. The van der Waals surface area contributed by atoms with Gasteiger partial charge in [-0.2, -0.15) is 25.3 Å². The lowest BCUT2D eigenvalue weighted by atomic mass is 10.00. The van der Waals surface area contributed by atoms with Crippen molar-refractivity contribution < 1.29 is 96.8 Å². The highest BCUT2D eigenvalue weighted by Crippen LogP contribution is 2.24. The Morgan fingerprint density at radius 3 is 1.14 bits per heavy atom. The highest BCUT2D eigenvalue weighted by atomic mass is 32.1. The number of primary amides is 3. The number of amides is 18. The molecule has 13 atom stereocenters. The van der Waals surface area contributed by atoms with Gasteiger partial charge in [-0.05, 0) is 174 Å². The Morgan fingerprint density at radius 2 is 0.747 bits per heavy atom. The van der Waals surface area contributed by atoms with Crippen molar-refractivity contribution in [1.82, 2.24) is 105 Å². The fraction of sp³-hybridized carbons (Fsp3) is 0.538. The second kappa shape index (κ2) is 64.7. The van der Waals surface area contributed by atoms with E-state index in [-0.39, 0.29) is 197 Å². The molecule has 51 nitrogen and oxygen atoms in total. The zero-order valence-electron chi connectivity index (χ0n) is 82.5. The summed E-state index contributed by atoms with van der Waals surface area (Å²) in [6, 6.07) is 1.58. The monoisotopic (exact) mass is 2080 g/mol. The first-order chi connectivity index (χ1) is 69.4. The largest absolute Gasteiger partial charge is 0.508 e. The minimum Gasteiger partial charge on any atom is -0.508 e. The molecule has 5 rings (SSSR count). The average Bonchev–Trinajstić information content (AvgIpc) is 1.61. The molecule has 1 saturated heterocycles. The highest BCUT2D eigenvalue weighted by Gasteiger charge is 2.42. The second-order valence-corrected chi connectivity index (χ2v) is 36.1. The number of nitrogens with zero attached hydrogens (tertiary/aromatic N) is 4. The van der Waals surface area contributed by atoms with Crippen molar-refractivity contribution in [3.05, 3.63) is 108 Å². The number of thiol groups is 2. The number of unbranched alkanes of at least 4 members (excludes halogenated alkanes) is 2. The molecule has 1 aliphatic rings. The number of carbonyl (C=O) groups excluding carboxylic acids is 16. The number of carboxylic acids is 1. The molecule has 0 saturated carbocycles. The van der Waals surface area contributed by atoms with Crippen molar-refractivity contribution in [3.8, 4) is 11.5 Å². The molecule has 1 heterocycles. The van der Waals surface area contributed by atoms with E-state index in [0.29, 0.717) is 36.1 Å². The Labute approximate surface area is 857 Å². The smallest absolute Gasteiger partial charge is 0.312 e. The molecule has 0 radical (unpaired) electrons. The molecule has 0 aromatic heterocycles. The molecule has 37 N–H and O–H groups in total. The Bertz CT molecular complexity index is 5090. The van der Waals surface area contributed by atoms with Crippen LogP contribution in [0.3, 0.4) is 0 Å². The number of fused-ring (bicyclic) bond motifs is 1. The summed E-state index contributed by atoms with van der Waals surface area (Å²) in [5.41, 5.74) is 40.0. The molecular formula is C93H145N31O20S2. The fourth-order valence-electron chi connectivity index (χ4n) is 15.6. The van der Waals surface area contributed by atoms with Crippen molar-refractivity contribution in [2.45, 2.75) is 226 Å². The third-order valence-electron chi connectivity index (χ3n) is 23.2. The van der Waals surface area contributed by atoms with Crippen molar-refractivity contribution in [1.29, 1.82) is 16.2 Å². The van der Waals surface area contributed by atoms with E-state index in [1.54, 1.807) is 6.07 Å². The van der Waals surface area contributed by atoms with Crippen LogP contribution in [0.25, 0.3) is 10.8 Å². The first kappa shape index (κ1) is 122. The van der Waals surface area contributed by atoms with Gasteiger partial charge in [0.05, 0.1) is 0 Å². The highest BCUT2D eigenvalue weighted by molar-refractivity contribution is 7.80. The molecule has 4 aromatic carbocycles. The van der Waals surface area contributed by atoms with Crippen molar-refractivity contribution >= 4 is 161 Å². The number of nitrogens with one attached hydrogen (secondary N) is 20. The Balaban J connectivity index is 1.47. The van der Waals surface area contributed by atoms with Crippen LogP contribution >= 0.6 is 25.3 Å². The van der Waals surface area contributed by atoms with E-state index in [0.717, 1.165) is 21.6 Å². The van der Waals surface area contributed by atoms with Crippen LogP contribution < -0.4 is 131 Å². The van der Waals surface area contributed by atoms with Crippen molar-refractivity contribution in [2.24, 2.45) is 45.1 Å². The average molecular weight is 2080 g/mol. The number of likely N-dealkylation sites (tertiary alicyclic amines) is 1. The van der Waals surface area contributed by atoms with Crippen LogP contribution in [-0.4, -0.2) is 325 Å². The van der Waals surface area contributed by atoms with Crippen LogP contribution in [0, 0.1) is 16.2 Å². The van der Waals surface area contributed by atoms with Crippen LogP contribution in [0.15, 0.2) is 96.0 Å². The third kappa shape index (κ3) is 45.3. The molecule has 53 heteroatoms. The molecule has 0 aliphatic carbocycles. The molecule has 4 aromatic rings. The number of hydrogen-bond donors (Lipinski definition) is 32. The van der Waals surface area contributed by atoms with E-state index < -0.39 is 204 Å². The number of aliphatic carboxylic acids is 1. The maximum atomic E-state index is 15.3. The Kier molecular flexibility index (Phi) is 53.8. The van der Waals surface area contributed by atoms with Gasteiger partial charge in [0.15, 0.2) is 23.8 Å².